The molecule has 140 valence electrons. The summed E-state index contributed by atoms with van der Waals surface area (Å²) in [6, 6.07) is 13.9. The maximum atomic E-state index is 12.4. The predicted octanol–water partition coefficient (Wildman–Crippen LogP) is 3.46. The molecule has 1 unspecified atom stereocenters. The highest BCUT2D eigenvalue weighted by Crippen LogP contribution is 2.23. The third-order valence-electron chi connectivity index (χ3n) is 4.57. The maximum absolute atomic E-state index is 12.4. The van der Waals surface area contributed by atoms with E-state index >= 15 is 0 Å². The minimum absolute atomic E-state index is 0.0474. The van der Waals surface area contributed by atoms with E-state index in [1.54, 1.807) is 36.1 Å². The van der Waals surface area contributed by atoms with Crippen LogP contribution in [0.15, 0.2) is 48.5 Å². The largest absolute Gasteiger partial charge is 0.374 e. The molecule has 1 atom stereocenters. The molecular weight excluding hydrogens is 342 g/mol. The Labute approximate surface area is 158 Å². The lowest BCUT2D eigenvalue weighted by Gasteiger charge is -2.18. The smallest absolute Gasteiger partial charge is 0.246 e. The van der Waals surface area contributed by atoms with Crippen molar-refractivity contribution >= 4 is 34.7 Å². The molecule has 0 spiro atoms. The zero-order valence-corrected chi connectivity index (χ0v) is 15.5. The van der Waals surface area contributed by atoms with E-state index in [-0.39, 0.29) is 17.6 Å². The van der Waals surface area contributed by atoms with Gasteiger partial charge in [-0.15, -0.1) is 0 Å². The molecule has 2 aromatic carbocycles. The summed E-state index contributed by atoms with van der Waals surface area (Å²) in [6.07, 6.45) is 1.49. The van der Waals surface area contributed by atoms with Crippen molar-refractivity contribution in [1.29, 1.82) is 0 Å². The fraction of sp³-hybridized carbons (Fsp3) is 0.286. The average Bonchev–Trinajstić information content (AvgIpc) is 3.08. The van der Waals surface area contributed by atoms with Crippen LogP contribution in [0.25, 0.3) is 0 Å². The molecule has 1 fully saturated rings. The standard InChI is InChI=1S/C21H23N3O3/c1-14(21(27)23-18-6-3-5-16(13-18)15(2)25)22-17-8-10-19(11-9-17)24-12-4-7-20(24)26/h3,5-6,8-11,13-14,22H,4,7,12H2,1-2H3,(H,23,27). The summed E-state index contributed by atoms with van der Waals surface area (Å²) < 4.78 is 0. The van der Waals surface area contributed by atoms with E-state index < -0.39 is 6.04 Å². The zero-order valence-electron chi connectivity index (χ0n) is 15.5. The molecule has 6 nitrogen and oxygen atoms in total. The van der Waals surface area contributed by atoms with Crippen LogP contribution in [0, 0.1) is 0 Å². The van der Waals surface area contributed by atoms with Gasteiger partial charge in [0.15, 0.2) is 5.78 Å². The van der Waals surface area contributed by atoms with Gasteiger partial charge in [0.25, 0.3) is 0 Å². The first-order valence-electron chi connectivity index (χ1n) is 9.03. The monoisotopic (exact) mass is 365 g/mol. The van der Waals surface area contributed by atoms with Gasteiger partial charge in [-0.3, -0.25) is 14.4 Å². The van der Waals surface area contributed by atoms with Crippen LogP contribution in [-0.4, -0.2) is 30.2 Å². The van der Waals surface area contributed by atoms with Crippen LogP contribution in [0.3, 0.4) is 0 Å². The SMILES string of the molecule is CC(=O)c1cccc(NC(=O)C(C)Nc2ccc(N3CCCC3=O)cc2)c1. The Bertz CT molecular complexity index is 861. The summed E-state index contributed by atoms with van der Waals surface area (Å²) in [6.45, 7) is 4.01. The van der Waals surface area contributed by atoms with Gasteiger partial charge >= 0.3 is 0 Å². The molecule has 1 saturated heterocycles. The van der Waals surface area contributed by atoms with Crippen molar-refractivity contribution in [3.63, 3.8) is 0 Å². The lowest BCUT2D eigenvalue weighted by Crippen LogP contribution is -2.32. The quantitative estimate of drug-likeness (QED) is 0.769. The number of rotatable bonds is 6. The third kappa shape index (κ3) is 4.53. The van der Waals surface area contributed by atoms with Gasteiger partial charge in [0.05, 0.1) is 0 Å². The summed E-state index contributed by atoms with van der Waals surface area (Å²) in [4.78, 5) is 37.4. The van der Waals surface area contributed by atoms with Crippen molar-refractivity contribution in [3.8, 4) is 0 Å². The van der Waals surface area contributed by atoms with Gasteiger partial charge < -0.3 is 15.5 Å². The highest BCUT2D eigenvalue weighted by Gasteiger charge is 2.21. The van der Waals surface area contributed by atoms with E-state index in [0.29, 0.717) is 17.7 Å². The molecule has 27 heavy (non-hydrogen) atoms. The Morgan fingerprint density at radius 2 is 1.81 bits per heavy atom. The number of Topliss-reactive ketones (excluding diaryl/α,β-unsaturated/α-hetero) is 1. The maximum Gasteiger partial charge on any atom is 0.246 e. The number of ketones is 1. The van der Waals surface area contributed by atoms with Gasteiger partial charge in [-0.2, -0.15) is 0 Å². The van der Waals surface area contributed by atoms with Gasteiger partial charge in [-0.05, 0) is 56.7 Å². The van der Waals surface area contributed by atoms with E-state index in [4.69, 9.17) is 0 Å². The fourth-order valence-electron chi connectivity index (χ4n) is 3.04. The molecule has 1 aliphatic rings. The van der Waals surface area contributed by atoms with Crippen LogP contribution >= 0.6 is 0 Å². The van der Waals surface area contributed by atoms with E-state index in [2.05, 4.69) is 10.6 Å². The second-order valence-electron chi connectivity index (χ2n) is 6.69. The molecule has 0 bridgehead atoms. The normalized spacial score (nSPS) is 14.7. The molecule has 2 N–H and O–H groups in total. The average molecular weight is 365 g/mol. The lowest BCUT2D eigenvalue weighted by atomic mass is 10.1. The molecule has 1 aliphatic heterocycles. The van der Waals surface area contributed by atoms with E-state index in [1.807, 2.05) is 24.3 Å². The molecule has 0 aliphatic carbocycles. The first-order chi connectivity index (χ1) is 12.9. The first kappa shape index (κ1) is 18.6. The van der Waals surface area contributed by atoms with Crippen LogP contribution in [0.1, 0.15) is 37.0 Å². The van der Waals surface area contributed by atoms with Crippen molar-refractivity contribution < 1.29 is 14.4 Å². The second kappa shape index (κ2) is 8.03. The fourth-order valence-corrected chi connectivity index (χ4v) is 3.04. The van der Waals surface area contributed by atoms with Gasteiger partial charge in [0, 0.05) is 35.6 Å². The number of hydrogen-bond acceptors (Lipinski definition) is 4. The van der Waals surface area contributed by atoms with Gasteiger partial charge in [-0.25, -0.2) is 0 Å². The zero-order chi connectivity index (χ0) is 19.4. The molecular formula is C21H23N3O3. The number of carbonyl (C=O) groups excluding carboxylic acids is 3. The Morgan fingerprint density at radius 3 is 2.44 bits per heavy atom. The van der Waals surface area contributed by atoms with Gasteiger partial charge in [0.2, 0.25) is 11.8 Å². The van der Waals surface area contributed by atoms with E-state index in [1.165, 1.54) is 6.92 Å². The summed E-state index contributed by atoms with van der Waals surface area (Å²) in [5.74, 6) is -0.0976. The summed E-state index contributed by atoms with van der Waals surface area (Å²) in [5.41, 5.74) is 2.82. The minimum atomic E-state index is -0.467. The molecule has 3 rings (SSSR count). The van der Waals surface area contributed by atoms with Crippen LogP contribution < -0.4 is 15.5 Å². The molecule has 0 radical (unpaired) electrons. The molecule has 0 saturated carbocycles. The number of nitrogens with zero attached hydrogens (tertiary/aromatic N) is 1. The molecule has 2 aromatic rings. The van der Waals surface area contributed by atoms with Gasteiger partial charge in [0.1, 0.15) is 6.04 Å². The molecule has 1 heterocycles. The van der Waals surface area contributed by atoms with Crippen LogP contribution in [0.5, 0.6) is 0 Å². The molecule has 2 amide bonds. The Balaban J connectivity index is 1.60. The summed E-state index contributed by atoms with van der Waals surface area (Å²) in [7, 11) is 0. The van der Waals surface area contributed by atoms with E-state index in [9.17, 15) is 14.4 Å². The van der Waals surface area contributed by atoms with Crippen LogP contribution in [-0.2, 0) is 9.59 Å². The Hall–Kier alpha value is -3.15. The number of nitrogens with one attached hydrogen (secondary N) is 2. The highest BCUT2D eigenvalue weighted by atomic mass is 16.2. The van der Waals surface area contributed by atoms with Crippen molar-refractivity contribution in [2.75, 3.05) is 22.1 Å². The molecule has 6 heteroatoms. The molecule has 0 aromatic heterocycles. The Morgan fingerprint density at radius 1 is 1.07 bits per heavy atom. The lowest BCUT2D eigenvalue weighted by molar-refractivity contribution is -0.117. The summed E-state index contributed by atoms with van der Waals surface area (Å²) in [5, 5.41) is 5.96. The van der Waals surface area contributed by atoms with Crippen molar-refractivity contribution in [2.24, 2.45) is 0 Å². The van der Waals surface area contributed by atoms with Crippen molar-refractivity contribution in [1.82, 2.24) is 0 Å². The highest BCUT2D eigenvalue weighted by molar-refractivity contribution is 5.99. The van der Waals surface area contributed by atoms with Crippen LogP contribution in [0.4, 0.5) is 17.1 Å². The number of benzene rings is 2. The van der Waals surface area contributed by atoms with Crippen LogP contribution in [0.2, 0.25) is 0 Å². The van der Waals surface area contributed by atoms with Crippen molar-refractivity contribution in [2.45, 2.75) is 32.7 Å². The number of amides is 2. The topological polar surface area (TPSA) is 78.5 Å². The second-order valence-corrected chi connectivity index (χ2v) is 6.69. The first-order valence-corrected chi connectivity index (χ1v) is 9.03. The number of hydrogen-bond donors (Lipinski definition) is 2. The Kier molecular flexibility index (Phi) is 5.54. The van der Waals surface area contributed by atoms with Gasteiger partial charge in [-0.1, -0.05) is 12.1 Å². The minimum Gasteiger partial charge on any atom is -0.374 e. The van der Waals surface area contributed by atoms with Crippen molar-refractivity contribution in [3.05, 3.63) is 54.1 Å². The predicted molar refractivity (Wildman–Crippen MR) is 106 cm³/mol. The number of carbonyl (C=O) groups is 3. The third-order valence-corrected chi connectivity index (χ3v) is 4.57. The summed E-state index contributed by atoms with van der Waals surface area (Å²) >= 11 is 0. The van der Waals surface area contributed by atoms with E-state index in [0.717, 1.165) is 24.3 Å². The number of anilines is 3.